The average Bonchev–Trinajstić information content (AvgIpc) is 3.45. The number of thiophene rings is 1. The molecule has 2 amide bonds. The first kappa shape index (κ1) is 22.3. The molecule has 1 saturated heterocycles. The van der Waals surface area contributed by atoms with Gasteiger partial charge in [0.15, 0.2) is 5.16 Å². The SMILES string of the molecule is CCc1nnc(SCC(=O)Nc2sc3c(c2C(N)=O)CCC(C)C3)n1CC1CCCO1. The maximum atomic E-state index is 12.7. The number of ether oxygens (including phenoxy) is 1. The van der Waals surface area contributed by atoms with Gasteiger partial charge in [-0.25, -0.2) is 0 Å². The number of amides is 2. The van der Waals surface area contributed by atoms with Gasteiger partial charge in [0.1, 0.15) is 10.8 Å². The summed E-state index contributed by atoms with van der Waals surface area (Å²) in [6, 6.07) is 0. The maximum Gasteiger partial charge on any atom is 0.251 e. The largest absolute Gasteiger partial charge is 0.376 e. The minimum Gasteiger partial charge on any atom is -0.376 e. The van der Waals surface area contributed by atoms with E-state index in [1.807, 2.05) is 6.92 Å². The number of hydrogen-bond acceptors (Lipinski definition) is 7. The summed E-state index contributed by atoms with van der Waals surface area (Å²) in [6.07, 6.45) is 5.85. The Kier molecular flexibility index (Phi) is 6.98. The van der Waals surface area contributed by atoms with Gasteiger partial charge >= 0.3 is 0 Å². The van der Waals surface area contributed by atoms with Crippen LogP contribution in [0.2, 0.25) is 0 Å². The number of carbonyl (C=O) groups is 2. The van der Waals surface area contributed by atoms with E-state index in [0.717, 1.165) is 61.7 Å². The quantitative estimate of drug-likeness (QED) is 0.582. The Labute approximate surface area is 190 Å². The van der Waals surface area contributed by atoms with Crippen LogP contribution in [-0.4, -0.2) is 45.0 Å². The van der Waals surface area contributed by atoms with Gasteiger partial charge in [0.2, 0.25) is 5.91 Å². The summed E-state index contributed by atoms with van der Waals surface area (Å²) in [4.78, 5) is 26.0. The number of thioether (sulfide) groups is 1. The first-order valence-corrected chi connectivity index (χ1v) is 12.7. The van der Waals surface area contributed by atoms with E-state index >= 15 is 0 Å². The van der Waals surface area contributed by atoms with Crippen molar-refractivity contribution in [1.29, 1.82) is 0 Å². The van der Waals surface area contributed by atoms with Crippen molar-refractivity contribution in [2.75, 3.05) is 17.7 Å². The van der Waals surface area contributed by atoms with Crippen LogP contribution >= 0.6 is 23.1 Å². The lowest BCUT2D eigenvalue weighted by molar-refractivity contribution is -0.113. The average molecular weight is 464 g/mol. The second-order valence-electron chi connectivity index (χ2n) is 8.25. The summed E-state index contributed by atoms with van der Waals surface area (Å²) >= 11 is 2.84. The number of anilines is 1. The van der Waals surface area contributed by atoms with Crippen molar-refractivity contribution in [3.05, 3.63) is 21.8 Å². The standard InChI is InChI=1S/C21H29N5O3S2/c1-3-16-24-25-21(26(16)10-13-5-4-8-29-13)30-11-17(27)23-20-18(19(22)28)14-7-6-12(2)9-15(14)31-20/h12-13H,3-11H2,1-2H3,(H2,22,28)(H,23,27). The lowest BCUT2D eigenvalue weighted by atomic mass is 9.88. The van der Waals surface area contributed by atoms with Gasteiger partial charge in [-0.05, 0) is 43.6 Å². The van der Waals surface area contributed by atoms with E-state index in [1.54, 1.807) is 0 Å². The zero-order chi connectivity index (χ0) is 22.0. The van der Waals surface area contributed by atoms with E-state index in [-0.39, 0.29) is 17.8 Å². The second kappa shape index (κ2) is 9.70. The van der Waals surface area contributed by atoms with Crippen molar-refractivity contribution < 1.29 is 14.3 Å². The predicted molar refractivity (Wildman–Crippen MR) is 122 cm³/mol. The monoisotopic (exact) mass is 463 g/mol. The highest BCUT2D eigenvalue weighted by Crippen LogP contribution is 2.39. The molecule has 2 atom stereocenters. The molecule has 0 radical (unpaired) electrons. The van der Waals surface area contributed by atoms with Gasteiger partial charge in [-0.3, -0.25) is 9.59 Å². The van der Waals surface area contributed by atoms with Gasteiger partial charge in [0.25, 0.3) is 5.91 Å². The smallest absolute Gasteiger partial charge is 0.251 e. The summed E-state index contributed by atoms with van der Waals surface area (Å²) in [5.74, 6) is 1.01. The molecule has 0 saturated carbocycles. The zero-order valence-corrected chi connectivity index (χ0v) is 19.6. The minimum absolute atomic E-state index is 0.174. The van der Waals surface area contributed by atoms with Crippen LogP contribution in [0, 0.1) is 5.92 Å². The van der Waals surface area contributed by atoms with Crippen molar-refractivity contribution in [2.24, 2.45) is 11.7 Å². The summed E-state index contributed by atoms with van der Waals surface area (Å²) in [7, 11) is 0. The number of nitrogens with two attached hydrogens (primary N) is 1. The molecule has 1 aliphatic carbocycles. The van der Waals surface area contributed by atoms with E-state index in [9.17, 15) is 9.59 Å². The molecule has 2 aromatic rings. The first-order chi connectivity index (χ1) is 15.0. The molecule has 3 N–H and O–H groups in total. The molecule has 0 spiro atoms. The molecular weight excluding hydrogens is 434 g/mol. The van der Waals surface area contributed by atoms with Crippen molar-refractivity contribution in [2.45, 2.75) is 70.2 Å². The summed E-state index contributed by atoms with van der Waals surface area (Å²) < 4.78 is 7.82. The highest BCUT2D eigenvalue weighted by atomic mass is 32.2. The predicted octanol–water partition coefficient (Wildman–Crippen LogP) is 3.04. The molecule has 0 bridgehead atoms. The number of nitrogens with zero attached hydrogens (tertiary/aromatic N) is 3. The number of hydrogen-bond donors (Lipinski definition) is 2. The fourth-order valence-electron chi connectivity index (χ4n) is 4.25. The lowest BCUT2D eigenvalue weighted by Crippen LogP contribution is -2.20. The Bertz CT molecular complexity index is 965. The third-order valence-electron chi connectivity index (χ3n) is 5.86. The minimum atomic E-state index is -0.473. The Morgan fingerprint density at radius 3 is 2.90 bits per heavy atom. The summed E-state index contributed by atoms with van der Waals surface area (Å²) in [5.41, 5.74) is 7.15. The maximum absolute atomic E-state index is 12.7. The van der Waals surface area contributed by atoms with E-state index in [0.29, 0.717) is 23.0 Å². The van der Waals surface area contributed by atoms with Crippen molar-refractivity contribution in [3.63, 3.8) is 0 Å². The number of nitrogens with one attached hydrogen (secondary N) is 1. The van der Waals surface area contributed by atoms with Gasteiger partial charge in [-0.15, -0.1) is 21.5 Å². The number of fused-ring (bicyclic) bond motifs is 1. The Balaban J connectivity index is 1.43. The summed E-state index contributed by atoms with van der Waals surface area (Å²) in [6.45, 7) is 5.76. The third-order valence-corrected chi connectivity index (χ3v) is 8.00. The molecule has 4 rings (SSSR count). The van der Waals surface area contributed by atoms with Crippen LogP contribution in [0.5, 0.6) is 0 Å². The Morgan fingerprint density at radius 1 is 1.35 bits per heavy atom. The molecule has 10 heteroatoms. The van der Waals surface area contributed by atoms with Gasteiger partial charge in [-0.1, -0.05) is 25.6 Å². The molecule has 0 aromatic carbocycles. The van der Waals surface area contributed by atoms with Crippen LogP contribution in [0.3, 0.4) is 0 Å². The number of rotatable bonds is 8. The Hall–Kier alpha value is -1.91. The second-order valence-corrected chi connectivity index (χ2v) is 10.3. The lowest BCUT2D eigenvalue weighted by Gasteiger charge is -2.18. The van der Waals surface area contributed by atoms with Crippen LogP contribution in [0.4, 0.5) is 5.00 Å². The van der Waals surface area contributed by atoms with Crippen molar-refractivity contribution in [1.82, 2.24) is 14.8 Å². The van der Waals surface area contributed by atoms with E-state index in [1.165, 1.54) is 28.0 Å². The van der Waals surface area contributed by atoms with Gasteiger partial charge in [0, 0.05) is 17.9 Å². The van der Waals surface area contributed by atoms with E-state index < -0.39 is 5.91 Å². The molecule has 168 valence electrons. The molecule has 1 fully saturated rings. The molecule has 1 aliphatic heterocycles. The molecule has 2 aromatic heterocycles. The van der Waals surface area contributed by atoms with Crippen LogP contribution in [0.1, 0.15) is 59.7 Å². The number of aromatic nitrogens is 3. The number of primary amides is 1. The zero-order valence-electron chi connectivity index (χ0n) is 18.0. The summed E-state index contributed by atoms with van der Waals surface area (Å²) in [5, 5.41) is 12.8. The van der Waals surface area contributed by atoms with Crippen LogP contribution < -0.4 is 11.1 Å². The van der Waals surface area contributed by atoms with Crippen LogP contribution in [-0.2, 0) is 35.3 Å². The van der Waals surface area contributed by atoms with Gasteiger partial charge < -0.3 is 20.4 Å². The molecule has 2 aliphatic rings. The first-order valence-electron chi connectivity index (χ1n) is 10.9. The Morgan fingerprint density at radius 2 is 2.19 bits per heavy atom. The molecule has 31 heavy (non-hydrogen) atoms. The van der Waals surface area contributed by atoms with Gasteiger partial charge in [0.05, 0.1) is 24.0 Å². The van der Waals surface area contributed by atoms with E-state index in [2.05, 4.69) is 27.0 Å². The van der Waals surface area contributed by atoms with Crippen LogP contribution in [0.15, 0.2) is 5.16 Å². The normalized spacial score (nSPS) is 20.6. The van der Waals surface area contributed by atoms with Crippen molar-refractivity contribution >= 4 is 39.9 Å². The number of carbonyl (C=O) groups excluding carboxylic acids is 2. The molecular formula is C21H29N5O3S2. The van der Waals surface area contributed by atoms with Crippen molar-refractivity contribution in [3.8, 4) is 0 Å². The topological polar surface area (TPSA) is 112 Å². The fourth-order valence-corrected chi connectivity index (χ4v) is 6.45. The number of aryl methyl sites for hydroxylation is 1. The van der Waals surface area contributed by atoms with Gasteiger partial charge in [-0.2, -0.15) is 0 Å². The third kappa shape index (κ3) is 4.96. The highest BCUT2D eigenvalue weighted by molar-refractivity contribution is 7.99. The highest BCUT2D eigenvalue weighted by Gasteiger charge is 2.27. The molecule has 2 unspecified atom stereocenters. The fraction of sp³-hybridized carbons (Fsp3) is 0.619. The molecule has 8 nitrogen and oxygen atoms in total. The molecule has 3 heterocycles. The van der Waals surface area contributed by atoms with E-state index in [4.69, 9.17) is 10.5 Å². The van der Waals surface area contributed by atoms with Crippen LogP contribution in [0.25, 0.3) is 0 Å².